The zero-order valence-electron chi connectivity index (χ0n) is 16.3. The molecule has 1 atom stereocenters. The van der Waals surface area contributed by atoms with E-state index in [1.165, 1.54) is 17.8 Å². The lowest BCUT2D eigenvalue weighted by molar-refractivity contribution is -0.132. The lowest BCUT2D eigenvalue weighted by atomic mass is 10.3. The minimum Gasteiger partial charge on any atom is -0.480 e. The van der Waals surface area contributed by atoms with Crippen LogP contribution in [0, 0.1) is 5.82 Å². The Labute approximate surface area is 168 Å². The summed E-state index contributed by atoms with van der Waals surface area (Å²) in [5, 5.41) is 9.15. The van der Waals surface area contributed by atoms with Crippen molar-refractivity contribution in [1.82, 2.24) is 19.7 Å². The Kier molecular flexibility index (Phi) is 6.90. The number of hydrogen-bond donors (Lipinski definition) is 0. The minimum atomic E-state index is -0.490. The van der Waals surface area contributed by atoms with E-state index in [1.807, 2.05) is 25.3 Å². The van der Waals surface area contributed by atoms with Gasteiger partial charge in [-0.15, -0.1) is 10.2 Å². The van der Waals surface area contributed by atoms with Gasteiger partial charge in [0.1, 0.15) is 0 Å². The highest BCUT2D eigenvalue weighted by Gasteiger charge is 2.24. The van der Waals surface area contributed by atoms with Gasteiger partial charge in [-0.25, -0.2) is 4.39 Å². The van der Waals surface area contributed by atoms with Crippen LogP contribution in [0.15, 0.2) is 29.4 Å². The molecule has 1 aromatic carbocycles. The van der Waals surface area contributed by atoms with Gasteiger partial charge in [-0.2, -0.15) is 0 Å². The monoisotopic (exact) mass is 408 g/mol. The van der Waals surface area contributed by atoms with E-state index in [2.05, 4.69) is 10.2 Å². The zero-order valence-corrected chi connectivity index (χ0v) is 17.1. The van der Waals surface area contributed by atoms with Crippen LogP contribution in [0.4, 0.5) is 4.39 Å². The summed E-state index contributed by atoms with van der Waals surface area (Å²) < 4.78 is 26.9. The van der Waals surface area contributed by atoms with E-state index in [0.717, 1.165) is 0 Å². The Morgan fingerprint density at radius 2 is 1.96 bits per heavy atom. The van der Waals surface area contributed by atoms with E-state index in [0.29, 0.717) is 37.3 Å². The number of amides is 1. The number of nitrogens with zero attached hydrogens (tertiary/aromatic N) is 4. The number of morpholine rings is 1. The third-order valence-corrected chi connectivity index (χ3v) is 5.33. The largest absolute Gasteiger partial charge is 0.480 e. The first-order valence-corrected chi connectivity index (χ1v) is 10.3. The van der Waals surface area contributed by atoms with E-state index in [-0.39, 0.29) is 23.5 Å². The average Bonchev–Trinajstić information content (AvgIpc) is 3.13. The Morgan fingerprint density at radius 1 is 1.25 bits per heavy atom. The first-order valence-electron chi connectivity index (χ1n) is 9.31. The maximum atomic E-state index is 13.9. The van der Waals surface area contributed by atoms with Gasteiger partial charge in [-0.3, -0.25) is 4.79 Å². The standard InChI is InChI=1S/C19H25FN4O3S/c1-13(2)24-18(14(3)27-16-7-5-4-6-15(16)20)21-22-19(24)28-12-17(25)23-8-10-26-11-9-23/h4-7,13-14H,8-12H2,1-3H3. The van der Waals surface area contributed by atoms with Crippen molar-refractivity contribution >= 4 is 17.7 Å². The van der Waals surface area contributed by atoms with Crippen LogP contribution in [0.25, 0.3) is 0 Å². The first kappa shape index (κ1) is 20.6. The van der Waals surface area contributed by atoms with Crippen molar-refractivity contribution in [2.45, 2.75) is 38.1 Å². The van der Waals surface area contributed by atoms with Gasteiger partial charge >= 0.3 is 0 Å². The highest BCUT2D eigenvalue weighted by molar-refractivity contribution is 7.99. The smallest absolute Gasteiger partial charge is 0.233 e. The molecule has 0 aliphatic carbocycles. The first-order chi connectivity index (χ1) is 13.5. The number of halogens is 1. The van der Waals surface area contributed by atoms with Gasteiger partial charge < -0.3 is 18.9 Å². The molecule has 0 radical (unpaired) electrons. The number of aromatic nitrogens is 3. The summed E-state index contributed by atoms with van der Waals surface area (Å²) >= 11 is 1.35. The van der Waals surface area contributed by atoms with Crippen molar-refractivity contribution in [1.29, 1.82) is 0 Å². The second-order valence-electron chi connectivity index (χ2n) is 6.78. The predicted molar refractivity (Wildman–Crippen MR) is 104 cm³/mol. The van der Waals surface area contributed by atoms with Crippen LogP contribution in [-0.4, -0.2) is 57.6 Å². The maximum absolute atomic E-state index is 13.9. The number of carbonyl (C=O) groups is 1. The molecule has 1 fully saturated rings. The molecule has 0 spiro atoms. The van der Waals surface area contributed by atoms with Gasteiger partial charge in [0.25, 0.3) is 0 Å². The Morgan fingerprint density at radius 3 is 2.64 bits per heavy atom. The topological polar surface area (TPSA) is 69.5 Å². The van der Waals surface area contributed by atoms with Crippen molar-refractivity contribution in [3.8, 4) is 5.75 Å². The maximum Gasteiger partial charge on any atom is 0.233 e. The summed E-state index contributed by atoms with van der Waals surface area (Å²) in [7, 11) is 0. The van der Waals surface area contributed by atoms with Crippen molar-refractivity contribution in [2.24, 2.45) is 0 Å². The number of hydrogen-bond acceptors (Lipinski definition) is 6. The molecule has 0 saturated carbocycles. The third-order valence-electron chi connectivity index (χ3n) is 4.40. The van der Waals surface area contributed by atoms with Gasteiger partial charge in [0.15, 0.2) is 28.7 Å². The van der Waals surface area contributed by atoms with Gasteiger partial charge in [-0.1, -0.05) is 23.9 Å². The van der Waals surface area contributed by atoms with E-state index < -0.39 is 11.9 Å². The molecule has 1 saturated heterocycles. The molecule has 2 aromatic rings. The van der Waals surface area contributed by atoms with Gasteiger partial charge in [0.05, 0.1) is 19.0 Å². The summed E-state index contributed by atoms with van der Waals surface area (Å²) in [6.45, 7) is 8.22. The normalized spacial score (nSPS) is 15.7. The molecule has 7 nitrogen and oxygen atoms in total. The SMILES string of the molecule is CC(Oc1ccccc1F)c1nnc(SCC(=O)N2CCOCC2)n1C(C)C. The number of ether oxygens (including phenoxy) is 2. The van der Waals surface area contributed by atoms with Crippen molar-refractivity contribution < 1.29 is 18.7 Å². The number of para-hydroxylation sites is 1. The summed E-state index contributed by atoms with van der Waals surface area (Å²) in [5.41, 5.74) is 0. The Balaban J connectivity index is 1.70. The molecule has 0 bridgehead atoms. The van der Waals surface area contributed by atoms with Gasteiger partial charge in [0, 0.05) is 19.1 Å². The number of benzene rings is 1. The van der Waals surface area contributed by atoms with E-state index in [9.17, 15) is 9.18 Å². The molecular weight excluding hydrogens is 383 g/mol. The van der Waals surface area contributed by atoms with Crippen LogP contribution in [0.1, 0.15) is 38.7 Å². The quantitative estimate of drug-likeness (QED) is 0.656. The van der Waals surface area contributed by atoms with Crippen LogP contribution in [0.3, 0.4) is 0 Å². The lowest BCUT2D eigenvalue weighted by Gasteiger charge is -2.26. The molecule has 0 N–H and O–H groups in total. The van der Waals surface area contributed by atoms with E-state index in [4.69, 9.17) is 9.47 Å². The number of rotatable bonds is 7. The van der Waals surface area contributed by atoms with Crippen LogP contribution in [-0.2, 0) is 9.53 Å². The van der Waals surface area contributed by atoms with Crippen LogP contribution in [0.2, 0.25) is 0 Å². The lowest BCUT2D eigenvalue weighted by Crippen LogP contribution is -2.41. The minimum absolute atomic E-state index is 0.0591. The molecule has 9 heteroatoms. The fourth-order valence-corrected chi connectivity index (χ4v) is 3.94. The van der Waals surface area contributed by atoms with Crippen LogP contribution >= 0.6 is 11.8 Å². The summed E-state index contributed by atoms with van der Waals surface area (Å²) in [6.07, 6.45) is -0.490. The Hall–Kier alpha value is -2.13. The summed E-state index contributed by atoms with van der Waals surface area (Å²) in [4.78, 5) is 14.2. The second kappa shape index (κ2) is 9.38. The highest BCUT2D eigenvalue weighted by Crippen LogP contribution is 2.28. The van der Waals surface area contributed by atoms with Crippen LogP contribution in [0.5, 0.6) is 5.75 Å². The molecule has 2 heterocycles. The van der Waals surface area contributed by atoms with Gasteiger partial charge in [-0.05, 0) is 32.9 Å². The molecule has 1 amide bonds. The fraction of sp³-hybridized carbons (Fsp3) is 0.526. The summed E-state index contributed by atoms with van der Waals surface area (Å²) in [5.74, 6) is 0.692. The van der Waals surface area contributed by atoms with Crippen molar-refractivity contribution in [3.05, 3.63) is 35.9 Å². The third kappa shape index (κ3) is 4.82. The molecule has 1 aliphatic rings. The molecule has 28 heavy (non-hydrogen) atoms. The van der Waals surface area contributed by atoms with Crippen LogP contribution < -0.4 is 4.74 Å². The molecule has 1 unspecified atom stereocenters. The molecule has 1 aliphatic heterocycles. The highest BCUT2D eigenvalue weighted by atomic mass is 32.2. The number of thioether (sulfide) groups is 1. The average molecular weight is 408 g/mol. The van der Waals surface area contributed by atoms with E-state index in [1.54, 1.807) is 23.1 Å². The number of carbonyl (C=O) groups excluding carboxylic acids is 1. The van der Waals surface area contributed by atoms with Crippen molar-refractivity contribution in [2.75, 3.05) is 32.1 Å². The van der Waals surface area contributed by atoms with Gasteiger partial charge in [0.2, 0.25) is 5.91 Å². The fourth-order valence-electron chi connectivity index (χ4n) is 2.96. The Bertz CT molecular complexity index is 808. The summed E-state index contributed by atoms with van der Waals surface area (Å²) in [6, 6.07) is 6.34. The molecule has 3 rings (SSSR count). The second-order valence-corrected chi connectivity index (χ2v) is 7.72. The van der Waals surface area contributed by atoms with Crippen molar-refractivity contribution in [3.63, 3.8) is 0 Å². The van der Waals surface area contributed by atoms with E-state index >= 15 is 0 Å². The molecular formula is C19H25FN4O3S. The predicted octanol–water partition coefficient (Wildman–Crippen LogP) is 3.09. The molecule has 1 aromatic heterocycles. The molecule has 152 valence electrons. The zero-order chi connectivity index (χ0) is 20.1.